The molecule has 3 aliphatic rings. The van der Waals surface area contributed by atoms with Gasteiger partial charge >= 0.3 is 5.97 Å². The van der Waals surface area contributed by atoms with Crippen molar-refractivity contribution in [2.45, 2.75) is 76.0 Å². The number of rotatable bonds is 16. The lowest BCUT2D eigenvalue weighted by Gasteiger charge is -2.36. The minimum atomic E-state index is -1.20. The molecule has 2 N–H and O–H groups in total. The minimum absolute atomic E-state index is 0.0489. The smallest absolute Gasteiger partial charge is 0.312 e. The summed E-state index contributed by atoms with van der Waals surface area (Å²) in [5.41, 5.74) is 0.242. The van der Waals surface area contributed by atoms with Crippen LogP contribution in [0.4, 0.5) is 0 Å². The quantitative estimate of drug-likeness (QED) is 0.161. The summed E-state index contributed by atoms with van der Waals surface area (Å²) in [6.07, 6.45) is 4.78. The molecule has 3 amide bonds. The van der Waals surface area contributed by atoms with Crippen molar-refractivity contribution < 1.29 is 33.8 Å². The number of aromatic nitrogens is 3. The van der Waals surface area contributed by atoms with Crippen molar-refractivity contribution in [2.24, 2.45) is 11.8 Å². The fourth-order valence-corrected chi connectivity index (χ4v) is 6.96. The monoisotopic (exact) mass is 622 g/mol. The van der Waals surface area contributed by atoms with Crippen LogP contribution in [0.3, 0.4) is 0 Å². The van der Waals surface area contributed by atoms with Crippen molar-refractivity contribution in [1.29, 1.82) is 0 Å². The van der Waals surface area contributed by atoms with Crippen LogP contribution in [0.15, 0.2) is 49.6 Å². The van der Waals surface area contributed by atoms with E-state index in [-0.39, 0.29) is 50.6 Å². The van der Waals surface area contributed by atoms with E-state index in [1.807, 2.05) is 24.3 Å². The Morgan fingerprint density at radius 2 is 2.07 bits per heavy atom. The largest absolute Gasteiger partial charge is 0.460 e. The molecule has 4 heterocycles. The lowest BCUT2D eigenvalue weighted by molar-refractivity contribution is -0.159. The number of hydrogen-bond acceptors (Lipinski definition) is 9. The molecule has 3 fully saturated rings. The van der Waals surface area contributed by atoms with E-state index in [1.54, 1.807) is 28.7 Å². The van der Waals surface area contributed by atoms with Crippen molar-refractivity contribution in [3.05, 3.63) is 49.6 Å². The van der Waals surface area contributed by atoms with Crippen molar-refractivity contribution in [1.82, 2.24) is 30.1 Å². The summed E-state index contributed by atoms with van der Waals surface area (Å²) >= 11 is 0. The number of nitrogens with zero attached hydrogens (tertiary/aromatic N) is 5. The molecule has 2 bridgehead atoms. The van der Waals surface area contributed by atoms with Gasteiger partial charge in [-0.15, -0.1) is 18.3 Å². The van der Waals surface area contributed by atoms with Crippen molar-refractivity contribution >= 4 is 34.7 Å². The van der Waals surface area contributed by atoms with Crippen LogP contribution >= 0.6 is 0 Å². The van der Waals surface area contributed by atoms with Gasteiger partial charge in [-0.2, -0.15) is 0 Å². The molecule has 0 unspecified atom stereocenters. The van der Waals surface area contributed by atoms with Crippen LogP contribution < -0.4 is 5.32 Å². The lowest BCUT2D eigenvalue weighted by atomic mass is 9.70. The summed E-state index contributed by atoms with van der Waals surface area (Å²) < 4.78 is 13.9. The average Bonchev–Trinajstić information content (AvgIpc) is 3.78. The van der Waals surface area contributed by atoms with Crippen molar-refractivity contribution in [3.63, 3.8) is 0 Å². The van der Waals surface area contributed by atoms with Crippen LogP contribution in [0.1, 0.15) is 45.4 Å². The Kier molecular flexibility index (Phi) is 9.98. The summed E-state index contributed by atoms with van der Waals surface area (Å²) in [5, 5.41) is 20.6. The molecule has 13 nitrogen and oxygen atoms in total. The van der Waals surface area contributed by atoms with Gasteiger partial charge in [-0.3, -0.25) is 19.2 Å². The van der Waals surface area contributed by atoms with Crippen molar-refractivity contribution in [3.8, 4) is 0 Å². The standard InChI is InChI=1S/C32H42N6O7/c1-4-6-13-25(40)33-19-21(3)44-31(43)26-24-14-15-32(45-24)27(26)29(41)37(17-9-10-18-39)28(32)30(42)36(16-5-2)20-38-23-12-8-7-11-22(23)34-35-38/h4-5,7-8,11-12,21,24,26-28,39H,1-2,6,9-10,13-20H2,3H3,(H,33,40)/t21-,24-,26+,27+,28-,32+/m0/s1. The first-order valence-corrected chi connectivity index (χ1v) is 15.6. The van der Waals surface area contributed by atoms with Gasteiger partial charge in [0, 0.05) is 26.1 Å². The number of hydrogen-bond donors (Lipinski definition) is 2. The van der Waals surface area contributed by atoms with Gasteiger partial charge in [0.25, 0.3) is 0 Å². The molecule has 3 aliphatic heterocycles. The predicted molar refractivity (Wildman–Crippen MR) is 163 cm³/mol. The summed E-state index contributed by atoms with van der Waals surface area (Å²) in [4.78, 5) is 57.4. The Balaban J connectivity index is 1.38. The number of allylic oxidation sites excluding steroid dienone is 1. The summed E-state index contributed by atoms with van der Waals surface area (Å²) in [6, 6.07) is 6.45. The molecule has 6 atom stereocenters. The second kappa shape index (κ2) is 13.9. The molecule has 5 rings (SSSR count). The topological polar surface area (TPSA) is 156 Å². The highest BCUT2D eigenvalue weighted by molar-refractivity contribution is 5.98. The number of para-hydroxylation sites is 1. The Hall–Kier alpha value is -4.10. The highest BCUT2D eigenvalue weighted by Crippen LogP contribution is 2.59. The van der Waals surface area contributed by atoms with Crippen LogP contribution in [0, 0.1) is 11.8 Å². The van der Waals surface area contributed by atoms with Gasteiger partial charge in [0.1, 0.15) is 29.9 Å². The summed E-state index contributed by atoms with van der Waals surface area (Å²) in [6.45, 7) is 9.71. The highest BCUT2D eigenvalue weighted by atomic mass is 16.6. The number of aliphatic hydroxyl groups excluding tert-OH is 1. The molecule has 1 spiro atoms. The molecular weight excluding hydrogens is 580 g/mol. The first-order valence-electron chi connectivity index (χ1n) is 15.6. The van der Waals surface area contributed by atoms with Gasteiger partial charge in [0.2, 0.25) is 17.7 Å². The van der Waals surface area contributed by atoms with Gasteiger partial charge in [-0.05, 0) is 51.2 Å². The molecule has 13 heteroatoms. The van der Waals surface area contributed by atoms with E-state index in [0.29, 0.717) is 44.0 Å². The maximum absolute atomic E-state index is 14.5. The average molecular weight is 623 g/mol. The van der Waals surface area contributed by atoms with Gasteiger partial charge in [0.15, 0.2) is 0 Å². The Bertz CT molecular complexity index is 1440. The third kappa shape index (κ3) is 6.23. The van der Waals surface area contributed by atoms with Crippen LogP contribution in [0.25, 0.3) is 11.0 Å². The number of carbonyl (C=O) groups is 4. The van der Waals surface area contributed by atoms with Gasteiger partial charge in [-0.25, -0.2) is 4.68 Å². The van der Waals surface area contributed by atoms with E-state index in [0.717, 1.165) is 5.52 Å². The molecule has 242 valence electrons. The van der Waals surface area contributed by atoms with E-state index in [1.165, 1.54) is 4.90 Å². The molecule has 0 radical (unpaired) electrons. The first kappa shape index (κ1) is 32.3. The molecule has 2 aromatic rings. The van der Waals surface area contributed by atoms with E-state index in [2.05, 4.69) is 28.8 Å². The van der Waals surface area contributed by atoms with E-state index in [4.69, 9.17) is 9.47 Å². The molecule has 1 aromatic carbocycles. The molecule has 0 saturated carbocycles. The fourth-order valence-electron chi connectivity index (χ4n) is 6.96. The maximum atomic E-state index is 14.5. The second-order valence-corrected chi connectivity index (χ2v) is 12.0. The SMILES string of the molecule is C=CCCC(=O)NC[C@H](C)OC(=O)[C@@H]1[C@@H]2CC[C@]3(O2)[C@H](C(=O)N(CC=C)Cn2nnc4ccccc42)N(CCCCO)C(=O)[C@@H]13. The third-order valence-electron chi connectivity index (χ3n) is 8.98. The Labute approximate surface area is 262 Å². The van der Waals surface area contributed by atoms with Crippen LogP contribution in [0.5, 0.6) is 0 Å². The van der Waals surface area contributed by atoms with Crippen molar-refractivity contribution in [2.75, 3.05) is 26.2 Å². The third-order valence-corrected chi connectivity index (χ3v) is 8.98. The number of ether oxygens (including phenoxy) is 2. The van der Waals surface area contributed by atoms with E-state index >= 15 is 0 Å². The normalized spacial score (nSPS) is 25.6. The summed E-state index contributed by atoms with van der Waals surface area (Å²) in [7, 11) is 0. The number of amides is 3. The molecule has 1 aromatic heterocycles. The molecule has 3 saturated heterocycles. The van der Waals surface area contributed by atoms with Crippen LogP contribution in [0.2, 0.25) is 0 Å². The van der Waals surface area contributed by atoms with Crippen LogP contribution in [-0.2, 0) is 35.3 Å². The molecular formula is C32H42N6O7. The van der Waals surface area contributed by atoms with E-state index < -0.39 is 41.7 Å². The number of likely N-dealkylation sites (tertiary alicyclic amines) is 1. The second-order valence-electron chi connectivity index (χ2n) is 12.0. The van der Waals surface area contributed by atoms with Gasteiger partial charge in [0.05, 0.1) is 30.0 Å². The fraction of sp³-hybridized carbons (Fsp3) is 0.562. The highest BCUT2D eigenvalue weighted by Gasteiger charge is 2.75. The first-order chi connectivity index (χ1) is 21.7. The Morgan fingerprint density at radius 3 is 2.82 bits per heavy atom. The Morgan fingerprint density at radius 1 is 1.27 bits per heavy atom. The van der Waals surface area contributed by atoms with Gasteiger partial charge in [-0.1, -0.05) is 29.5 Å². The lowest BCUT2D eigenvalue weighted by Crippen LogP contribution is -2.56. The minimum Gasteiger partial charge on any atom is -0.460 e. The van der Waals surface area contributed by atoms with Crippen LogP contribution in [-0.4, -0.2) is 104 Å². The number of carbonyl (C=O) groups excluding carboxylic acids is 4. The maximum Gasteiger partial charge on any atom is 0.312 e. The number of fused-ring (bicyclic) bond motifs is 2. The molecule has 0 aliphatic carbocycles. The zero-order chi connectivity index (χ0) is 32.1. The predicted octanol–water partition coefficient (Wildman–Crippen LogP) is 1.56. The number of nitrogens with one attached hydrogen (secondary N) is 1. The zero-order valence-corrected chi connectivity index (χ0v) is 25.7. The number of aliphatic hydroxyl groups is 1. The number of esters is 1. The zero-order valence-electron chi connectivity index (χ0n) is 25.7. The summed E-state index contributed by atoms with van der Waals surface area (Å²) in [5.74, 6) is -3.18. The van der Waals surface area contributed by atoms with E-state index in [9.17, 15) is 24.3 Å². The van der Waals surface area contributed by atoms with Gasteiger partial charge < -0.3 is 29.7 Å². The number of benzene rings is 1. The number of unbranched alkanes of at least 4 members (excludes halogenated alkanes) is 1. The molecule has 45 heavy (non-hydrogen) atoms.